The van der Waals surface area contributed by atoms with Crippen LogP contribution in [0.5, 0.6) is 0 Å². The van der Waals surface area contributed by atoms with Gasteiger partial charge in [0.2, 0.25) is 0 Å². The minimum absolute atomic E-state index is 0.278. The van der Waals surface area contributed by atoms with Crippen LogP contribution < -0.4 is 0 Å². The highest BCUT2D eigenvalue weighted by molar-refractivity contribution is 5.17. The number of hydrogen-bond acceptors (Lipinski definition) is 4. The molecule has 4 saturated carbocycles. The molecule has 4 heteroatoms. The minimum Gasteiger partial charge on any atom is -0.396 e. The summed E-state index contributed by atoms with van der Waals surface area (Å²) in [4.78, 5) is 0. The summed E-state index contributed by atoms with van der Waals surface area (Å²) >= 11 is 0. The third kappa shape index (κ3) is 3.72. The topological polar surface area (TPSA) is 80.9 Å². The summed E-state index contributed by atoms with van der Waals surface area (Å²) in [5, 5.41) is 42.4. The predicted molar refractivity (Wildman–Crippen MR) is 123 cm³/mol. The van der Waals surface area contributed by atoms with Crippen LogP contribution in [-0.2, 0) is 0 Å². The van der Waals surface area contributed by atoms with Crippen molar-refractivity contribution in [1.82, 2.24) is 0 Å². The first-order chi connectivity index (χ1) is 14.6. The first kappa shape index (κ1) is 24.0. The van der Waals surface area contributed by atoms with Gasteiger partial charge >= 0.3 is 0 Å². The molecule has 0 radical (unpaired) electrons. The van der Waals surface area contributed by atoms with E-state index < -0.39 is 17.8 Å². The number of aliphatic hydroxyl groups excluding tert-OH is 3. The second-order valence-electron chi connectivity index (χ2n) is 12.8. The monoisotopic (exact) mass is 436 g/mol. The van der Waals surface area contributed by atoms with Gasteiger partial charge in [0.05, 0.1) is 17.8 Å². The van der Waals surface area contributed by atoms with Crippen LogP contribution in [0.25, 0.3) is 0 Å². The molecule has 0 heterocycles. The molecule has 4 N–H and O–H groups in total. The van der Waals surface area contributed by atoms with E-state index in [2.05, 4.69) is 27.7 Å². The van der Waals surface area contributed by atoms with E-state index in [4.69, 9.17) is 0 Å². The van der Waals surface area contributed by atoms with E-state index in [1.54, 1.807) is 0 Å². The molecule has 0 spiro atoms. The number of hydrogen-bond donors (Lipinski definition) is 4. The Labute approximate surface area is 189 Å². The number of fused-ring (bicyclic) bond motifs is 5. The SMILES string of the molecule is CC(CO)CCC[C@@H](C)[C@H]1CC[C@H]2[C@@H]3C[C@@H](O)C4(O)CC(O)CC[C@]4(C)[C@H]3CC[C@]12C. The van der Waals surface area contributed by atoms with Crippen molar-refractivity contribution in [2.45, 2.75) is 116 Å². The Kier molecular flexibility index (Phi) is 6.62. The van der Waals surface area contributed by atoms with Crippen molar-refractivity contribution in [3.63, 3.8) is 0 Å². The van der Waals surface area contributed by atoms with Gasteiger partial charge in [0.25, 0.3) is 0 Å². The van der Waals surface area contributed by atoms with E-state index in [0.29, 0.717) is 54.5 Å². The lowest BCUT2D eigenvalue weighted by molar-refractivity contribution is -0.264. The first-order valence-electron chi connectivity index (χ1n) is 13.3. The van der Waals surface area contributed by atoms with Crippen molar-refractivity contribution in [2.24, 2.45) is 46.3 Å². The zero-order valence-electron chi connectivity index (χ0n) is 20.4. The molecule has 4 fully saturated rings. The first-order valence-corrected chi connectivity index (χ1v) is 13.3. The zero-order valence-corrected chi connectivity index (χ0v) is 20.4. The fourth-order valence-electron chi connectivity index (χ4n) is 9.32. The molecule has 4 rings (SSSR count). The van der Waals surface area contributed by atoms with Gasteiger partial charge in [0.1, 0.15) is 0 Å². The summed E-state index contributed by atoms with van der Waals surface area (Å²) in [5.74, 6) is 3.49. The standard InChI is InChI=1S/C27H48O4/c1-17(16-28)6-5-7-18(2)21-8-9-22-20-14-24(30)27(31)15-19(29)10-13-26(27,4)23(20)11-12-25(21,22)3/h17-24,28-31H,5-16H2,1-4H3/t17?,18-,19?,20+,21-,22+,23+,24-,25-,26-,27?/m1/s1. The predicted octanol–water partition coefficient (Wildman–Crippen LogP) is 4.53. The van der Waals surface area contributed by atoms with Gasteiger partial charge < -0.3 is 20.4 Å². The lowest BCUT2D eigenvalue weighted by atomic mass is 9.42. The largest absolute Gasteiger partial charge is 0.396 e. The molecular weight excluding hydrogens is 388 g/mol. The molecule has 0 bridgehead atoms. The van der Waals surface area contributed by atoms with Gasteiger partial charge in [-0.05, 0) is 92.3 Å². The maximum absolute atomic E-state index is 11.6. The minimum atomic E-state index is -1.13. The van der Waals surface area contributed by atoms with Gasteiger partial charge in [-0.3, -0.25) is 0 Å². The van der Waals surface area contributed by atoms with Gasteiger partial charge in [-0.1, -0.05) is 40.5 Å². The summed E-state index contributed by atoms with van der Waals surface area (Å²) in [6.07, 6.45) is 9.97. The molecule has 3 unspecified atom stereocenters. The molecule has 4 aliphatic carbocycles. The second kappa shape index (κ2) is 8.56. The summed E-state index contributed by atoms with van der Waals surface area (Å²) in [6, 6.07) is 0. The summed E-state index contributed by atoms with van der Waals surface area (Å²) in [7, 11) is 0. The van der Waals surface area contributed by atoms with Crippen LogP contribution in [0, 0.1) is 46.3 Å². The maximum Gasteiger partial charge on any atom is 0.0985 e. The molecular formula is C27H48O4. The van der Waals surface area contributed by atoms with Crippen molar-refractivity contribution in [3.8, 4) is 0 Å². The van der Waals surface area contributed by atoms with Crippen LogP contribution in [-0.4, -0.2) is 44.8 Å². The van der Waals surface area contributed by atoms with Crippen LogP contribution in [0.3, 0.4) is 0 Å². The quantitative estimate of drug-likeness (QED) is 0.493. The average Bonchev–Trinajstić information content (AvgIpc) is 3.07. The third-order valence-electron chi connectivity index (χ3n) is 11.3. The molecule has 31 heavy (non-hydrogen) atoms. The normalized spacial score (nSPS) is 51.5. The summed E-state index contributed by atoms with van der Waals surface area (Å²) < 4.78 is 0. The third-order valence-corrected chi connectivity index (χ3v) is 11.3. The van der Waals surface area contributed by atoms with Crippen molar-refractivity contribution < 1.29 is 20.4 Å². The van der Waals surface area contributed by atoms with Crippen molar-refractivity contribution in [3.05, 3.63) is 0 Å². The Morgan fingerprint density at radius 3 is 2.39 bits per heavy atom. The Hall–Kier alpha value is -0.160. The van der Waals surface area contributed by atoms with Crippen LogP contribution in [0.2, 0.25) is 0 Å². The zero-order chi connectivity index (χ0) is 22.6. The van der Waals surface area contributed by atoms with Gasteiger partial charge in [-0.25, -0.2) is 0 Å². The maximum atomic E-state index is 11.6. The van der Waals surface area contributed by atoms with Crippen molar-refractivity contribution >= 4 is 0 Å². The smallest absolute Gasteiger partial charge is 0.0985 e. The second-order valence-corrected chi connectivity index (χ2v) is 12.8. The van der Waals surface area contributed by atoms with E-state index in [1.165, 1.54) is 32.1 Å². The molecule has 0 amide bonds. The van der Waals surface area contributed by atoms with E-state index >= 15 is 0 Å². The Bertz CT molecular complexity index is 639. The Morgan fingerprint density at radius 1 is 0.935 bits per heavy atom. The molecule has 4 aliphatic rings. The summed E-state index contributed by atoms with van der Waals surface area (Å²) in [5.41, 5.74) is -1.06. The lowest BCUT2D eigenvalue weighted by Crippen LogP contribution is -2.68. The van der Waals surface area contributed by atoms with Gasteiger partial charge in [0, 0.05) is 18.4 Å². The van der Waals surface area contributed by atoms with E-state index in [-0.39, 0.29) is 5.41 Å². The molecule has 180 valence electrons. The van der Waals surface area contributed by atoms with E-state index in [1.807, 2.05) is 0 Å². The number of aliphatic hydroxyl groups is 4. The molecule has 11 atom stereocenters. The number of rotatable bonds is 6. The molecule has 0 aromatic heterocycles. The van der Waals surface area contributed by atoms with Crippen molar-refractivity contribution in [2.75, 3.05) is 6.61 Å². The fraction of sp³-hybridized carbons (Fsp3) is 1.00. The Balaban J connectivity index is 1.50. The van der Waals surface area contributed by atoms with Crippen molar-refractivity contribution in [1.29, 1.82) is 0 Å². The van der Waals surface area contributed by atoms with E-state index in [0.717, 1.165) is 31.6 Å². The highest BCUT2D eigenvalue weighted by Gasteiger charge is 2.67. The molecule has 0 saturated heterocycles. The summed E-state index contributed by atoms with van der Waals surface area (Å²) in [6.45, 7) is 9.65. The van der Waals surface area contributed by atoms with Crippen LogP contribution in [0.1, 0.15) is 98.3 Å². The van der Waals surface area contributed by atoms with E-state index in [9.17, 15) is 20.4 Å². The molecule has 0 aromatic rings. The van der Waals surface area contributed by atoms with Crippen LogP contribution in [0.15, 0.2) is 0 Å². The van der Waals surface area contributed by atoms with Gasteiger partial charge in [-0.2, -0.15) is 0 Å². The molecule has 0 aliphatic heterocycles. The van der Waals surface area contributed by atoms with Crippen LogP contribution >= 0.6 is 0 Å². The van der Waals surface area contributed by atoms with Crippen LogP contribution in [0.4, 0.5) is 0 Å². The lowest BCUT2D eigenvalue weighted by Gasteiger charge is -2.65. The molecule has 0 aromatic carbocycles. The van der Waals surface area contributed by atoms with Gasteiger partial charge in [0.15, 0.2) is 0 Å². The molecule has 4 nitrogen and oxygen atoms in total. The highest BCUT2D eigenvalue weighted by Crippen LogP contribution is 2.69. The van der Waals surface area contributed by atoms with Gasteiger partial charge in [-0.15, -0.1) is 0 Å². The fourth-order valence-corrected chi connectivity index (χ4v) is 9.32. The Morgan fingerprint density at radius 2 is 1.68 bits per heavy atom. The average molecular weight is 437 g/mol. The highest BCUT2D eigenvalue weighted by atomic mass is 16.3.